The zero-order valence-electron chi connectivity index (χ0n) is 11.0. The van der Waals surface area contributed by atoms with Gasteiger partial charge in [-0.25, -0.2) is 9.50 Å². The Balaban J connectivity index is 2.46. The summed E-state index contributed by atoms with van der Waals surface area (Å²) in [6.45, 7) is 3.93. The van der Waals surface area contributed by atoms with Gasteiger partial charge in [0.1, 0.15) is 11.6 Å². The number of thiophene rings is 1. The van der Waals surface area contributed by atoms with E-state index >= 15 is 0 Å². The predicted molar refractivity (Wildman–Crippen MR) is 77.9 cm³/mol. The first-order valence-corrected chi connectivity index (χ1v) is 7.14. The van der Waals surface area contributed by atoms with Crippen molar-refractivity contribution in [2.24, 2.45) is 0 Å². The third kappa shape index (κ3) is 1.75. The van der Waals surface area contributed by atoms with Crippen LogP contribution in [-0.2, 0) is 0 Å². The summed E-state index contributed by atoms with van der Waals surface area (Å²) in [5, 5.41) is 15.8. The number of nitrogens with zero attached hydrogens (tertiary/aromatic N) is 3. The lowest BCUT2D eigenvalue weighted by atomic mass is 10.00. The fourth-order valence-electron chi connectivity index (χ4n) is 2.25. The molecule has 0 atom stereocenters. The van der Waals surface area contributed by atoms with Gasteiger partial charge in [0.15, 0.2) is 5.65 Å². The van der Waals surface area contributed by atoms with Crippen LogP contribution in [0.25, 0.3) is 16.9 Å². The average Bonchev–Trinajstić information content (AvgIpc) is 3.07. The second kappa shape index (κ2) is 4.62. The minimum Gasteiger partial charge on any atom is -0.295 e. The van der Waals surface area contributed by atoms with Gasteiger partial charge >= 0.3 is 0 Å². The number of hydrogen-bond acceptors (Lipinski definition) is 4. The standard InChI is InChI=1S/C14H12N4OS/c1-8(2)11-12(9-3-4-20-7-9)17-13-10(5-15)6-16-18(13)14(11)19/h3-4,6-8,16H,1-2H3. The molecule has 3 rings (SSSR count). The predicted octanol–water partition coefficient (Wildman–Crippen LogP) is 2.75. The summed E-state index contributed by atoms with van der Waals surface area (Å²) in [7, 11) is 0. The van der Waals surface area contributed by atoms with Crippen LogP contribution < -0.4 is 5.56 Å². The number of nitriles is 1. The van der Waals surface area contributed by atoms with Gasteiger partial charge in [-0.15, -0.1) is 0 Å². The van der Waals surface area contributed by atoms with Crippen molar-refractivity contribution >= 4 is 17.0 Å². The van der Waals surface area contributed by atoms with Gasteiger partial charge in [-0.3, -0.25) is 9.89 Å². The molecule has 3 aromatic heterocycles. The number of rotatable bonds is 2. The Hall–Kier alpha value is -2.39. The van der Waals surface area contributed by atoms with E-state index in [4.69, 9.17) is 5.26 Å². The molecular weight excluding hydrogens is 272 g/mol. The third-order valence-electron chi connectivity index (χ3n) is 3.19. The number of aromatic amines is 1. The van der Waals surface area contributed by atoms with Gasteiger partial charge in [0.05, 0.1) is 5.69 Å². The molecule has 3 heterocycles. The Morgan fingerprint density at radius 1 is 1.50 bits per heavy atom. The molecular formula is C14H12N4OS. The molecule has 0 aliphatic heterocycles. The van der Waals surface area contributed by atoms with Crippen LogP contribution in [0, 0.1) is 11.3 Å². The van der Waals surface area contributed by atoms with E-state index in [1.807, 2.05) is 36.7 Å². The number of nitrogens with one attached hydrogen (secondary N) is 1. The number of fused-ring (bicyclic) bond motifs is 1. The second-order valence-corrected chi connectivity index (χ2v) is 5.58. The van der Waals surface area contributed by atoms with Crippen LogP contribution in [0.5, 0.6) is 0 Å². The Bertz CT molecular complexity index is 865. The summed E-state index contributed by atoms with van der Waals surface area (Å²) >= 11 is 1.56. The first-order chi connectivity index (χ1) is 9.63. The molecule has 100 valence electrons. The molecule has 6 heteroatoms. The first-order valence-electron chi connectivity index (χ1n) is 6.20. The Kier molecular flexibility index (Phi) is 2.92. The SMILES string of the molecule is CC(C)c1c(-c2ccsc2)nc2c(C#N)c[nH]n2c1=O. The highest BCUT2D eigenvalue weighted by Gasteiger charge is 2.19. The van der Waals surface area contributed by atoms with E-state index in [2.05, 4.69) is 10.1 Å². The Morgan fingerprint density at radius 3 is 2.90 bits per heavy atom. The summed E-state index contributed by atoms with van der Waals surface area (Å²) in [5.74, 6) is 0.0515. The van der Waals surface area contributed by atoms with Crippen molar-refractivity contribution in [2.45, 2.75) is 19.8 Å². The van der Waals surface area contributed by atoms with E-state index in [9.17, 15) is 4.79 Å². The van der Waals surface area contributed by atoms with Gasteiger partial charge < -0.3 is 0 Å². The van der Waals surface area contributed by atoms with Crippen molar-refractivity contribution in [3.05, 3.63) is 44.5 Å². The molecule has 0 saturated carbocycles. The molecule has 3 aromatic rings. The summed E-state index contributed by atoms with van der Waals surface area (Å²) in [4.78, 5) is 17.1. The topological polar surface area (TPSA) is 73.9 Å². The minimum absolute atomic E-state index is 0.0515. The summed E-state index contributed by atoms with van der Waals surface area (Å²) in [6.07, 6.45) is 1.51. The lowest BCUT2D eigenvalue weighted by molar-refractivity contribution is 0.798. The van der Waals surface area contributed by atoms with Gasteiger partial charge in [0.2, 0.25) is 0 Å². The zero-order chi connectivity index (χ0) is 14.3. The smallest absolute Gasteiger partial charge is 0.276 e. The molecule has 0 spiro atoms. The molecule has 20 heavy (non-hydrogen) atoms. The van der Waals surface area contributed by atoms with E-state index < -0.39 is 0 Å². The van der Waals surface area contributed by atoms with Crippen molar-refractivity contribution in [1.82, 2.24) is 14.6 Å². The summed E-state index contributed by atoms with van der Waals surface area (Å²) < 4.78 is 1.34. The highest BCUT2D eigenvalue weighted by Crippen LogP contribution is 2.27. The van der Waals surface area contributed by atoms with Crippen molar-refractivity contribution in [3.8, 4) is 17.3 Å². The van der Waals surface area contributed by atoms with E-state index in [-0.39, 0.29) is 11.5 Å². The molecule has 0 aliphatic carbocycles. The number of H-pyrrole nitrogens is 1. The fraction of sp³-hybridized carbons (Fsp3) is 0.214. The second-order valence-electron chi connectivity index (χ2n) is 4.80. The average molecular weight is 284 g/mol. The fourth-order valence-corrected chi connectivity index (χ4v) is 2.89. The van der Waals surface area contributed by atoms with Crippen LogP contribution in [0.15, 0.2) is 27.8 Å². The van der Waals surface area contributed by atoms with Crippen LogP contribution in [-0.4, -0.2) is 14.6 Å². The van der Waals surface area contributed by atoms with Crippen LogP contribution in [0.2, 0.25) is 0 Å². The molecule has 0 aromatic carbocycles. The van der Waals surface area contributed by atoms with E-state index in [1.54, 1.807) is 11.3 Å². The summed E-state index contributed by atoms with van der Waals surface area (Å²) in [6, 6.07) is 3.99. The normalized spacial score (nSPS) is 11.1. The van der Waals surface area contributed by atoms with E-state index in [1.165, 1.54) is 10.7 Å². The molecule has 0 fully saturated rings. The summed E-state index contributed by atoms with van der Waals surface area (Å²) in [5.41, 5.74) is 2.85. The van der Waals surface area contributed by atoms with Gasteiger partial charge in [-0.05, 0) is 17.4 Å². The quantitative estimate of drug-likeness (QED) is 0.786. The lowest BCUT2D eigenvalue weighted by Gasteiger charge is -2.10. The maximum absolute atomic E-state index is 12.6. The largest absolute Gasteiger partial charge is 0.295 e. The monoisotopic (exact) mass is 284 g/mol. The van der Waals surface area contributed by atoms with E-state index in [0.29, 0.717) is 22.5 Å². The molecule has 0 bridgehead atoms. The molecule has 0 unspecified atom stereocenters. The van der Waals surface area contributed by atoms with Crippen molar-refractivity contribution in [1.29, 1.82) is 5.26 Å². The minimum atomic E-state index is -0.146. The van der Waals surface area contributed by atoms with Gasteiger partial charge in [-0.1, -0.05) is 13.8 Å². The first kappa shape index (κ1) is 12.6. The molecule has 0 saturated heterocycles. The molecule has 0 amide bonds. The van der Waals surface area contributed by atoms with Crippen molar-refractivity contribution in [2.75, 3.05) is 0 Å². The molecule has 0 aliphatic rings. The van der Waals surface area contributed by atoms with Crippen LogP contribution >= 0.6 is 11.3 Å². The highest BCUT2D eigenvalue weighted by atomic mass is 32.1. The third-order valence-corrected chi connectivity index (χ3v) is 3.87. The maximum Gasteiger partial charge on any atom is 0.276 e. The van der Waals surface area contributed by atoms with Crippen LogP contribution in [0.4, 0.5) is 0 Å². The number of hydrogen-bond donors (Lipinski definition) is 1. The van der Waals surface area contributed by atoms with Gasteiger partial charge in [0, 0.05) is 22.7 Å². The number of aromatic nitrogens is 3. The molecule has 1 N–H and O–H groups in total. The van der Waals surface area contributed by atoms with Crippen molar-refractivity contribution in [3.63, 3.8) is 0 Å². The highest BCUT2D eigenvalue weighted by molar-refractivity contribution is 7.08. The Labute approximate surface area is 119 Å². The van der Waals surface area contributed by atoms with Gasteiger partial charge in [-0.2, -0.15) is 16.6 Å². The van der Waals surface area contributed by atoms with Crippen LogP contribution in [0.3, 0.4) is 0 Å². The Morgan fingerprint density at radius 2 is 2.30 bits per heavy atom. The molecule has 0 radical (unpaired) electrons. The maximum atomic E-state index is 12.6. The van der Waals surface area contributed by atoms with Gasteiger partial charge in [0.25, 0.3) is 5.56 Å². The van der Waals surface area contributed by atoms with Crippen molar-refractivity contribution < 1.29 is 0 Å². The zero-order valence-corrected chi connectivity index (χ0v) is 11.9. The van der Waals surface area contributed by atoms with E-state index in [0.717, 1.165) is 5.56 Å². The van der Waals surface area contributed by atoms with Crippen LogP contribution in [0.1, 0.15) is 30.9 Å². The molecule has 5 nitrogen and oxygen atoms in total. The lowest BCUT2D eigenvalue weighted by Crippen LogP contribution is -2.22.